The van der Waals surface area contributed by atoms with Crippen molar-refractivity contribution in [3.63, 3.8) is 0 Å². The number of ether oxygens (including phenoxy) is 1. The van der Waals surface area contributed by atoms with E-state index >= 15 is 0 Å². The van der Waals surface area contributed by atoms with Gasteiger partial charge >= 0.3 is 0 Å². The van der Waals surface area contributed by atoms with Crippen molar-refractivity contribution in [2.45, 2.75) is 25.4 Å². The van der Waals surface area contributed by atoms with Gasteiger partial charge in [0.1, 0.15) is 5.75 Å². The van der Waals surface area contributed by atoms with E-state index in [9.17, 15) is 4.79 Å². The fourth-order valence-corrected chi connectivity index (χ4v) is 5.20. The molecule has 9 nitrogen and oxygen atoms in total. The number of piperidine rings is 1. The molecule has 3 heterocycles. The van der Waals surface area contributed by atoms with Gasteiger partial charge in [-0.1, -0.05) is 24.3 Å². The van der Waals surface area contributed by atoms with E-state index in [4.69, 9.17) is 4.74 Å². The number of carbonyl (C=O) groups excluding carboxylic acids is 1. The van der Waals surface area contributed by atoms with E-state index in [0.717, 1.165) is 65.2 Å². The molecule has 3 N–H and O–H groups in total. The Hall–Kier alpha value is -4.63. The van der Waals surface area contributed by atoms with E-state index in [-0.39, 0.29) is 5.91 Å². The summed E-state index contributed by atoms with van der Waals surface area (Å²) in [6.07, 6.45) is 4.09. The number of nitrogens with one attached hydrogen (secondary N) is 3. The monoisotopic (exact) mass is 535 g/mol. The highest BCUT2D eigenvalue weighted by atomic mass is 16.5. The predicted molar refractivity (Wildman–Crippen MR) is 158 cm³/mol. The highest BCUT2D eigenvalue weighted by Crippen LogP contribution is 2.26. The molecule has 1 aliphatic heterocycles. The first-order valence-electron chi connectivity index (χ1n) is 13.5. The minimum Gasteiger partial charge on any atom is -0.496 e. The third-order valence-corrected chi connectivity index (χ3v) is 7.52. The third-order valence-electron chi connectivity index (χ3n) is 7.52. The van der Waals surface area contributed by atoms with Crippen molar-refractivity contribution in [3.05, 3.63) is 90.3 Å². The summed E-state index contributed by atoms with van der Waals surface area (Å²) in [6, 6.07) is 24.0. The first kappa shape index (κ1) is 25.6. The van der Waals surface area contributed by atoms with E-state index in [1.807, 2.05) is 67.0 Å². The second-order valence-corrected chi connectivity index (χ2v) is 10.3. The molecule has 204 valence electrons. The molecular formula is C31H33N7O2. The van der Waals surface area contributed by atoms with Crippen LogP contribution in [0.2, 0.25) is 0 Å². The highest BCUT2D eigenvalue weighted by Gasteiger charge is 2.17. The number of aromatic nitrogens is 4. The molecule has 9 heteroatoms. The number of para-hydroxylation sites is 1. The van der Waals surface area contributed by atoms with Crippen molar-refractivity contribution in [1.29, 1.82) is 0 Å². The van der Waals surface area contributed by atoms with E-state index < -0.39 is 0 Å². The summed E-state index contributed by atoms with van der Waals surface area (Å²) < 4.78 is 7.62. The van der Waals surface area contributed by atoms with Crippen molar-refractivity contribution >= 4 is 28.4 Å². The van der Waals surface area contributed by atoms with E-state index in [0.29, 0.717) is 24.0 Å². The van der Waals surface area contributed by atoms with Crippen LogP contribution in [0.5, 0.6) is 5.75 Å². The summed E-state index contributed by atoms with van der Waals surface area (Å²) >= 11 is 0. The molecule has 1 saturated heterocycles. The van der Waals surface area contributed by atoms with Crippen molar-refractivity contribution in [2.24, 2.45) is 0 Å². The maximum absolute atomic E-state index is 12.9. The lowest BCUT2D eigenvalue weighted by Gasteiger charge is -2.30. The maximum Gasteiger partial charge on any atom is 0.256 e. The molecule has 2 aromatic heterocycles. The van der Waals surface area contributed by atoms with Crippen LogP contribution in [-0.4, -0.2) is 63.8 Å². The lowest BCUT2D eigenvalue weighted by Crippen LogP contribution is -2.36. The Morgan fingerprint density at radius 1 is 1.05 bits per heavy atom. The molecule has 0 atom stereocenters. The van der Waals surface area contributed by atoms with Crippen LogP contribution >= 0.6 is 0 Å². The summed E-state index contributed by atoms with van der Waals surface area (Å²) in [5.74, 6) is 1.11. The van der Waals surface area contributed by atoms with Gasteiger partial charge in [-0.15, -0.1) is 0 Å². The molecule has 1 amide bonds. The second kappa shape index (κ2) is 11.2. The van der Waals surface area contributed by atoms with Gasteiger partial charge in [0.15, 0.2) is 5.82 Å². The van der Waals surface area contributed by atoms with Crippen molar-refractivity contribution in [3.8, 4) is 17.0 Å². The maximum atomic E-state index is 12.9. The summed E-state index contributed by atoms with van der Waals surface area (Å²) in [4.78, 5) is 19.8. The van der Waals surface area contributed by atoms with Crippen LogP contribution < -0.4 is 15.4 Å². The number of H-pyrrole nitrogens is 1. The number of fused-ring (bicyclic) bond motifs is 1. The average Bonchev–Trinajstić information content (AvgIpc) is 3.62. The van der Waals surface area contributed by atoms with Crippen LogP contribution in [-0.2, 0) is 6.54 Å². The van der Waals surface area contributed by atoms with Gasteiger partial charge in [-0.2, -0.15) is 5.10 Å². The van der Waals surface area contributed by atoms with Crippen LogP contribution in [0.3, 0.4) is 0 Å². The topological polar surface area (TPSA) is 100 Å². The number of likely N-dealkylation sites (tertiary alicyclic amines) is 1. The van der Waals surface area contributed by atoms with Gasteiger partial charge in [-0.25, -0.2) is 4.98 Å². The van der Waals surface area contributed by atoms with Crippen LogP contribution in [0.25, 0.3) is 22.3 Å². The average molecular weight is 536 g/mol. The fourth-order valence-electron chi connectivity index (χ4n) is 5.20. The smallest absolute Gasteiger partial charge is 0.256 e. The number of hydrogen-bond acceptors (Lipinski definition) is 6. The fraction of sp³-hybridized carbons (Fsp3) is 0.258. The predicted octanol–water partition coefficient (Wildman–Crippen LogP) is 5.24. The quantitative estimate of drug-likeness (QED) is 0.251. The zero-order valence-corrected chi connectivity index (χ0v) is 22.7. The number of nitrogens with zero attached hydrogens (tertiary/aromatic N) is 4. The van der Waals surface area contributed by atoms with Gasteiger partial charge in [0.2, 0.25) is 0 Å². The van der Waals surface area contributed by atoms with Gasteiger partial charge in [0.05, 0.1) is 36.7 Å². The zero-order chi connectivity index (χ0) is 27.5. The van der Waals surface area contributed by atoms with Crippen molar-refractivity contribution < 1.29 is 9.53 Å². The lowest BCUT2D eigenvalue weighted by atomic mass is 10.0. The Balaban J connectivity index is 1.13. The Kier molecular flexibility index (Phi) is 7.20. The molecule has 40 heavy (non-hydrogen) atoms. The van der Waals surface area contributed by atoms with Crippen molar-refractivity contribution in [2.75, 3.05) is 37.9 Å². The molecule has 6 rings (SSSR count). The molecule has 1 fully saturated rings. The molecule has 1 aliphatic rings. The Labute approximate surface area is 233 Å². The van der Waals surface area contributed by atoms with Crippen LogP contribution in [0.15, 0.2) is 79.1 Å². The number of aromatic amines is 1. The van der Waals surface area contributed by atoms with E-state index in [2.05, 4.69) is 54.5 Å². The molecule has 0 bridgehead atoms. The first-order valence-corrected chi connectivity index (χ1v) is 13.5. The van der Waals surface area contributed by atoms with Gasteiger partial charge in [0.25, 0.3) is 5.91 Å². The Morgan fingerprint density at radius 2 is 1.85 bits per heavy atom. The Bertz CT molecular complexity index is 1610. The van der Waals surface area contributed by atoms with Crippen LogP contribution in [0.1, 0.15) is 28.8 Å². The lowest BCUT2D eigenvalue weighted by molar-refractivity contribution is 0.102. The largest absolute Gasteiger partial charge is 0.496 e. The first-order chi connectivity index (χ1) is 19.6. The minimum atomic E-state index is -0.200. The molecule has 0 unspecified atom stereocenters. The number of carbonyl (C=O) groups is 1. The summed E-state index contributed by atoms with van der Waals surface area (Å²) in [6.45, 7) is 2.84. The number of anilines is 2. The number of benzene rings is 3. The number of methoxy groups -OCH3 is 1. The SMILES string of the molecule is COc1ccccc1Cn1cnc2ccc(-c3cc(NC(=O)c4ccc(NC5CCN(C)CC5)cc4)n[nH]3)cc21. The molecule has 0 spiro atoms. The second-order valence-electron chi connectivity index (χ2n) is 10.3. The molecule has 0 saturated carbocycles. The zero-order valence-electron chi connectivity index (χ0n) is 22.7. The number of hydrogen-bond donors (Lipinski definition) is 3. The third kappa shape index (κ3) is 5.55. The Morgan fingerprint density at radius 3 is 2.65 bits per heavy atom. The van der Waals surface area contributed by atoms with Gasteiger partial charge < -0.3 is 24.8 Å². The summed E-state index contributed by atoms with van der Waals surface area (Å²) in [5, 5.41) is 13.9. The summed E-state index contributed by atoms with van der Waals surface area (Å²) in [5.41, 5.74) is 6.35. The number of rotatable bonds is 8. The van der Waals surface area contributed by atoms with E-state index in [1.165, 1.54) is 0 Å². The van der Waals surface area contributed by atoms with Gasteiger partial charge in [-0.3, -0.25) is 9.89 Å². The van der Waals surface area contributed by atoms with Gasteiger partial charge in [-0.05, 0) is 75.4 Å². The van der Waals surface area contributed by atoms with Gasteiger partial charge in [0, 0.05) is 34.5 Å². The molecule has 5 aromatic rings. The molecule has 0 aliphatic carbocycles. The van der Waals surface area contributed by atoms with Crippen LogP contribution in [0, 0.1) is 0 Å². The molecule has 3 aromatic carbocycles. The van der Waals surface area contributed by atoms with E-state index in [1.54, 1.807) is 7.11 Å². The highest BCUT2D eigenvalue weighted by molar-refractivity contribution is 6.04. The molecular weight excluding hydrogens is 502 g/mol. The summed E-state index contributed by atoms with van der Waals surface area (Å²) in [7, 11) is 3.84. The standard InChI is InChI=1S/C31H33N7O2/c1-37-15-13-25(14-16-37)33-24-10-7-21(8-11-24)31(39)34-30-18-27(35-36-30)22-9-12-26-28(17-22)38(20-32-26)19-23-5-3-4-6-29(23)40-2/h3-12,17-18,20,25,33H,13-16,19H2,1-2H3,(H2,34,35,36,39). The number of amides is 1. The van der Waals surface area contributed by atoms with Crippen LogP contribution in [0.4, 0.5) is 11.5 Å². The van der Waals surface area contributed by atoms with Crippen molar-refractivity contribution in [1.82, 2.24) is 24.6 Å². The normalized spacial score (nSPS) is 14.3. The number of imidazole rings is 1. The molecule has 0 radical (unpaired) electrons. The minimum absolute atomic E-state index is 0.200.